The maximum absolute atomic E-state index is 13.4. The first-order valence-corrected chi connectivity index (χ1v) is 5.50. The van der Waals surface area contributed by atoms with E-state index in [0.717, 1.165) is 5.56 Å². The third-order valence-corrected chi connectivity index (χ3v) is 2.63. The number of nitrogens with one attached hydrogen (secondary N) is 1. The summed E-state index contributed by atoms with van der Waals surface area (Å²) in [6.07, 6.45) is 0. The molecule has 0 spiro atoms. The molecular weight excluding hydrogens is 231 g/mol. The highest BCUT2D eigenvalue weighted by Crippen LogP contribution is 2.19. The minimum atomic E-state index is -0.545. The highest BCUT2D eigenvalue weighted by Gasteiger charge is 2.11. The first-order valence-electron chi connectivity index (χ1n) is 5.50. The lowest BCUT2D eigenvalue weighted by Crippen LogP contribution is -2.14. The summed E-state index contributed by atoms with van der Waals surface area (Å²) in [5.41, 5.74) is 7.66. The van der Waals surface area contributed by atoms with Crippen molar-refractivity contribution in [2.75, 3.05) is 11.1 Å². The molecule has 92 valence electrons. The Balaban J connectivity index is 2.27. The van der Waals surface area contributed by atoms with Crippen LogP contribution in [-0.4, -0.2) is 5.91 Å². The Kier molecular flexibility index (Phi) is 3.28. The Labute approximate surface area is 104 Å². The second kappa shape index (κ2) is 4.87. The van der Waals surface area contributed by atoms with E-state index in [0.29, 0.717) is 11.4 Å². The first kappa shape index (κ1) is 12.1. The van der Waals surface area contributed by atoms with E-state index < -0.39 is 11.7 Å². The molecule has 2 aromatic rings. The number of hydrogen-bond acceptors (Lipinski definition) is 2. The zero-order chi connectivity index (χ0) is 13.1. The van der Waals surface area contributed by atoms with Gasteiger partial charge in [-0.15, -0.1) is 0 Å². The van der Waals surface area contributed by atoms with Crippen LogP contribution in [0.25, 0.3) is 0 Å². The second-order valence-electron chi connectivity index (χ2n) is 4.01. The topological polar surface area (TPSA) is 55.1 Å². The summed E-state index contributed by atoms with van der Waals surface area (Å²) in [4.78, 5) is 11.9. The van der Waals surface area contributed by atoms with E-state index in [4.69, 9.17) is 5.73 Å². The molecule has 3 nitrogen and oxygen atoms in total. The van der Waals surface area contributed by atoms with Gasteiger partial charge in [0, 0.05) is 11.4 Å². The largest absolute Gasteiger partial charge is 0.399 e. The molecule has 0 saturated heterocycles. The number of hydrogen-bond donors (Lipinski definition) is 2. The third-order valence-electron chi connectivity index (χ3n) is 2.63. The van der Waals surface area contributed by atoms with Crippen LogP contribution < -0.4 is 11.1 Å². The number of aryl methyl sites for hydroxylation is 1. The second-order valence-corrected chi connectivity index (χ2v) is 4.01. The molecular formula is C14H13FN2O. The van der Waals surface area contributed by atoms with Gasteiger partial charge in [-0.05, 0) is 36.8 Å². The van der Waals surface area contributed by atoms with Crippen LogP contribution in [0.15, 0.2) is 42.5 Å². The summed E-state index contributed by atoms with van der Waals surface area (Å²) in [7, 11) is 0. The molecule has 1 amide bonds. The molecule has 0 aliphatic heterocycles. The van der Waals surface area contributed by atoms with Gasteiger partial charge >= 0.3 is 0 Å². The number of anilines is 2. The maximum atomic E-state index is 13.4. The zero-order valence-electron chi connectivity index (χ0n) is 9.91. The summed E-state index contributed by atoms with van der Waals surface area (Å²) >= 11 is 0. The first-order chi connectivity index (χ1) is 8.58. The van der Waals surface area contributed by atoms with Gasteiger partial charge in [0.15, 0.2) is 0 Å². The summed E-state index contributed by atoms with van der Waals surface area (Å²) in [5.74, 6) is -1.03. The quantitative estimate of drug-likeness (QED) is 0.798. The average molecular weight is 244 g/mol. The Bertz CT molecular complexity index is 596. The van der Waals surface area contributed by atoms with Crippen LogP contribution in [-0.2, 0) is 0 Å². The lowest BCUT2D eigenvalue weighted by Gasteiger charge is -2.09. The van der Waals surface area contributed by atoms with Gasteiger partial charge in [0.25, 0.3) is 5.91 Å². The number of carbonyl (C=O) groups is 1. The van der Waals surface area contributed by atoms with E-state index in [1.54, 1.807) is 24.3 Å². The summed E-state index contributed by atoms with van der Waals surface area (Å²) in [6, 6.07) is 11.0. The third kappa shape index (κ3) is 2.48. The molecule has 0 aliphatic carbocycles. The lowest BCUT2D eigenvalue weighted by molar-refractivity contribution is 0.102. The fourth-order valence-electron chi connectivity index (χ4n) is 1.61. The number of benzene rings is 2. The normalized spacial score (nSPS) is 10.1. The minimum Gasteiger partial charge on any atom is -0.399 e. The number of rotatable bonds is 2. The number of carbonyl (C=O) groups excluding carboxylic acids is 1. The number of nitrogens with two attached hydrogens (primary N) is 1. The molecule has 2 aromatic carbocycles. The van der Waals surface area contributed by atoms with Crippen LogP contribution in [0, 0.1) is 12.7 Å². The van der Waals surface area contributed by atoms with Crippen molar-refractivity contribution >= 4 is 17.3 Å². The molecule has 0 unspecified atom stereocenters. The highest BCUT2D eigenvalue weighted by molar-refractivity contribution is 6.05. The summed E-state index contributed by atoms with van der Waals surface area (Å²) < 4.78 is 13.4. The number of nitrogen functional groups attached to an aromatic ring is 1. The van der Waals surface area contributed by atoms with Crippen molar-refractivity contribution < 1.29 is 9.18 Å². The molecule has 0 aromatic heterocycles. The monoisotopic (exact) mass is 244 g/mol. The van der Waals surface area contributed by atoms with Gasteiger partial charge in [0.1, 0.15) is 5.82 Å². The molecule has 2 rings (SSSR count). The van der Waals surface area contributed by atoms with Gasteiger partial charge in [-0.3, -0.25) is 4.79 Å². The van der Waals surface area contributed by atoms with Crippen LogP contribution in [0.2, 0.25) is 0 Å². The standard InChI is InChI=1S/C14H13FN2O/c1-9-6-7-10(16)8-13(9)17-14(18)11-4-2-3-5-12(11)15/h2-8H,16H2,1H3,(H,17,18). The zero-order valence-corrected chi connectivity index (χ0v) is 9.91. The van der Waals surface area contributed by atoms with Gasteiger partial charge in [-0.2, -0.15) is 0 Å². The SMILES string of the molecule is Cc1ccc(N)cc1NC(=O)c1ccccc1F. The van der Waals surface area contributed by atoms with Gasteiger partial charge in [-0.1, -0.05) is 18.2 Å². The Morgan fingerprint density at radius 1 is 1.22 bits per heavy atom. The molecule has 0 aliphatic rings. The molecule has 0 heterocycles. The van der Waals surface area contributed by atoms with E-state index in [-0.39, 0.29) is 5.56 Å². The van der Waals surface area contributed by atoms with Gasteiger partial charge in [-0.25, -0.2) is 4.39 Å². The van der Waals surface area contributed by atoms with Crippen molar-refractivity contribution in [3.63, 3.8) is 0 Å². The Hall–Kier alpha value is -2.36. The maximum Gasteiger partial charge on any atom is 0.258 e. The fourth-order valence-corrected chi connectivity index (χ4v) is 1.61. The Morgan fingerprint density at radius 3 is 2.67 bits per heavy atom. The van der Waals surface area contributed by atoms with Crippen molar-refractivity contribution in [1.82, 2.24) is 0 Å². The van der Waals surface area contributed by atoms with Gasteiger partial charge in [0.2, 0.25) is 0 Å². The van der Waals surface area contributed by atoms with Crippen molar-refractivity contribution in [2.24, 2.45) is 0 Å². The van der Waals surface area contributed by atoms with Crippen molar-refractivity contribution in [3.8, 4) is 0 Å². The summed E-state index contributed by atoms with van der Waals surface area (Å²) in [5, 5.41) is 2.65. The van der Waals surface area contributed by atoms with E-state index in [1.165, 1.54) is 18.2 Å². The van der Waals surface area contributed by atoms with Crippen LogP contribution >= 0.6 is 0 Å². The van der Waals surface area contributed by atoms with Crippen LogP contribution in [0.5, 0.6) is 0 Å². The Morgan fingerprint density at radius 2 is 1.94 bits per heavy atom. The van der Waals surface area contributed by atoms with E-state index in [2.05, 4.69) is 5.32 Å². The van der Waals surface area contributed by atoms with E-state index >= 15 is 0 Å². The minimum absolute atomic E-state index is 0.0133. The predicted octanol–water partition coefficient (Wildman–Crippen LogP) is 2.97. The van der Waals surface area contributed by atoms with Crippen LogP contribution in [0.3, 0.4) is 0 Å². The molecule has 3 N–H and O–H groups in total. The fraction of sp³-hybridized carbons (Fsp3) is 0.0714. The van der Waals surface area contributed by atoms with Gasteiger partial charge < -0.3 is 11.1 Å². The molecule has 18 heavy (non-hydrogen) atoms. The average Bonchev–Trinajstić information content (AvgIpc) is 2.34. The molecule has 0 atom stereocenters. The molecule has 0 bridgehead atoms. The van der Waals surface area contributed by atoms with E-state index in [1.807, 2.05) is 6.92 Å². The smallest absolute Gasteiger partial charge is 0.258 e. The van der Waals surface area contributed by atoms with E-state index in [9.17, 15) is 9.18 Å². The van der Waals surface area contributed by atoms with Crippen LogP contribution in [0.1, 0.15) is 15.9 Å². The molecule has 4 heteroatoms. The number of halogens is 1. The van der Waals surface area contributed by atoms with Crippen molar-refractivity contribution in [2.45, 2.75) is 6.92 Å². The summed E-state index contributed by atoms with van der Waals surface area (Å²) in [6.45, 7) is 1.84. The lowest BCUT2D eigenvalue weighted by atomic mass is 10.1. The molecule has 0 fully saturated rings. The van der Waals surface area contributed by atoms with Crippen LogP contribution in [0.4, 0.5) is 15.8 Å². The number of amides is 1. The molecule has 0 saturated carbocycles. The van der Waals surface area contributed by atoms with Crippen molar-refractivity contribution in [3.05, 3.63) is 59.4 Å². The highest BCUT2D eigenvalue weighted by atomic mass is 19.1. The van der Waals surface area contributed by atoms with Crippen molar-refractivity contribution in [1.29, 1.82) is 0 Å². The van der Waals surface area contributed by atoms with Gasteiger partial charge in [0.05, 0.1) is 5.56 Å². The molecule has 0 radical (unpaired) electrons. The predicted molar refractivity (Wildman–Crippen MR) is 69.9 cm³/mol.